The topological polar surface area (TPSA) is 69.6 Å². The second kappa shape index (κ2) is 7.78. The van der Waals surface area contributed by atoms with Crippen LogP contribution < -0.4 is 5.32 Å². The minimum Gasteiger partial charge on any atom is -0.481 e. The van der Waals surface area contributed by atoms with E-state index in [1.165, 1.54) is 12.8 Å². The van der Waals surface area contributed by atoms with Gasteiger partial charge in [0.1, 0.15) is 0 Å². The standard InChI is InChI=1S/C16H28N2O3/c1-2-3-9-18-10-7-12(8-11-18)17-15(19)13-5-4-6-14(13)16(20)21/h12-14H,2-11H2,1H3,(H,17,19)(H,20,21). The third kappa shape index (κ3) is 4.43. The van der Waals surface area contributed by atoms with Gasteiger partial charge in [0, 0.05) is 19.1 Å². The molecule has 1 aliphatic heterocycles. The molecule has 0 radical (unpaired) electrons. The quantitative estimate of drug-likeness (QED) is 0.785. The van der Waals surface area contributed by atoms with Crippen LogP contribution in [-0.2, 0) is 9.59 Å². The lowest BCUT2D eigenvalue weighted by molar-refractivity contribution is -0.146. The van der Waals surface area contributed by atoms with E-state index in [2.05, 4.69) is 17.1 Å². The molecule has 1 aliphatic carbocycles. The summed E-state index contributed by atoms with van der Waals surface area (Å²) in [5.74, 6) is -1.65. The fourth-order valence-electron chi connectivity index (χ4n) is 3.56. The Balaban J connectivity index is 1.75. The molecule has 2 atom stereocenters. The number of carboxylic acids is 1. The number of nitrogens with zero attached hydrogens (tertiary/aromatic N) is 1. The second-order valence-electron chi connectivity index (χ2n) is 6.46. The van der Waals surface area contributed by atoms with Gasteiger partial charge in [0.25, 0.3) is 0 Å². The lowest BCUT2D eigenvalue weighted by atomic mass is 9.94. The van der Waals surface area contributed by atoms with Crippen molar-refractivity contribution in [2.75, 3.05) is 19.6 Å². The molecule has 1 saturated heterocycles. The van der Waals surface area contributed by atoms with E-state index in [4.69, 9.17) is 5.11 Å². The molecule has 1 saturated carbocycles. The Bertz CT molecular complexity index is 365. The van der Waals surface area contributed by atoms with Crippen LogP contribution in [0, 0.1) is 11.8 Å². The van der Waals surface area contributed by atoms with Crippen molar-refractivity contribution >= 4 is 11.9 Å². The molecule has 120 valence electrons. The van der Waals surface area contributed by atoms with Gasteiger partial charge in [0.15, 0.2) is 0 Å². The maximum Gasteiger partial charge on any atom is 0.307 e. The first-order valence-electron chi connectivity index (χ1n) is 8.37. The van der Waals surface area contributed by atoms with E-state index in [1.807, 2.05) is 0 Å². The molecule has 5 heteroatoms. The minimum atomic E-state index is -0.818. The van der Waals surface area contributed by atoms with Gasteiger partial charge in [-0.3, -0.25) is 9.59 Å². The van der Waals surface area contributed by atoms with Crippen LogP contribution in [0.2, 0.25) is 0 Å². The Morgan fingerprint density at radius 1 is 1.14 bits per heavy atom. The summed E-state index contributed by atoms with van der Waals surface area (Å²) in [5, 5.41) is 12.3. The predicted molar refractivity (Wildman–Crippen MR) is 81.0 cm³/mol. The number of hydrogen-bond donors (Lipinski definition) is 2. The summed E-state index contributed by atoms with van der Waals surface area (Å²) in [6.45, 7) is 5.43. The van der Waals surface area contributed by atoms with Crippen molar-refractivity contribution in [2.24, 2.45) is 11.8 Å². The van der Waals surface area contributed by atoms with E-state index in [1.54, 1.807) is 0 Å². The van der Waals surface area contributed by atoms with E-state index in [0.29, 0.717) is 6.42 Å². The first-order valence-corrected chi connectivity index (χ1v) is 8.37. The molecule has 2 fully saturated rings. The molecule has 2 aliphatic rings. The zero-order chi connectivity index (χ0) is 15.2. The molecule has 0 bridgehead atoms. The number of nitrogens with one attached hydrogen (secondary N) is 1. The van der Waals surface area contributed by atoms with Gasteiger partial charge in [-0.2, -0.15) is 0 Å². The Morgan fingerprint density at radius 2 is 1.81 bits per heavy atom. The normalized spacial score (nSPS) is 27.7. The van der Waals surface area contributed by atoms with Gasteiger partial charge in [0.2, 0.25) is 5.91 Å². The monoisotopic (exact) mass is 296 g/mol. The van der Waals surface area contributed by atoms with Crippen LogP contribution in [0.25, 0.3) is 0 Å². The molecule has 0 aromatic heterocycles. The van der Waals surface area contributed by atoms with E-state index >= 15 is 0 Å². The molecule has 5 nitrogen and oxygen atoms in total. The van der Waals surface area contributed by atoms with Gasteiger partial charge < -0.3 is 15.3 Å². The van der Waals surface area contributed by atoms with Crippen LogP contribution in [-0.4, -0.2) is 47.6 Å². The average Bonchev–Trinajstić information content (AvgIpc) is 2.96. The van der Waals surface area contributed by atoms with Crippen LogP contribution >= 0.6 is 0 Å². The van der Waals surface area contributed by atoms with E-state index in [-0.39, 0.29) is 17.9 Å². The molecular weight excluding hydrogens is 268 g/mol. The third-order valence-electron chi connectivity index (χ3n) is 4.93. The van der Waals surface area contributed by atoms with Crippen LogP contribution in [0.3, 0.4) is 0 Å². The van der Waals surface area contributed by atoms with Crippen molar-refractivity contribution in [1.29, 1.82) is 0 Å². The van der Waals surface area contributed by atoms with Gasteiger partial charge in [-0.1, -0.05) is 19.8 Å². The first-order chi connectivity index (χ1) is 10.1. The Labute approximate surface area is 127 Å². The van der Waals surface area contributed by atoms with E-state index in [0.717, 1.165) is 45.3 Å². The fourth-order valence-corrected chi connectivity index (χ4v) is 3.56. The van der Waals surface area contributed by atoms with Gasteiger partial charge in [0.05, 0.1) is 11.8 Å². The smallest absolute Gasteiger partial charge is 0.307 e. The zero-order valence-electron chi connectivity index (χ0n) is 13.0. The summed E-state index contributed by atoms with van der Waals surface area (Å²) in [7, 11) is 0. The number of carbonyl (C=O) groups excluding carboxylic acids is 1. The lowest BCUT2D eigenvalue weighted by Crippen LogP contribution is -2.47. The van der Waals surface area contributed by atoms with E-state index in [9.17, 15) is 9.59 Å². The van der Waals surface area contributed by atoms with Crippen LogP contribution in [0.15, 0.2) is 0 Å². The van der Waals surface area contributed by atoms with Crippen LogP contribution in [0.4, 0.5) is 0 Å². The Kier molecular flexibility index (Phi) is 6.03. The Hall–Kier alpha value is -1.10. The van der Waals surface area contributed by atoms with Gasteiger partial charge in [-0.25, -0.2) is 0 Å². The summed E-state index contributed by atoms with van der Waals surface area (Å²) in [5.41, 5.74) is 0. The molecule has 2 N–H and O–H groups in total. The molecular formula is C16H28N2O3. The van der Waals surface area contributed by atoms with Gasteiger partial charge in [-0.05, 0) is 38.6 Å². The summed E-state index contributed by atoms with van der Waals surface area (Å²) in [4.78, 5) is 25.9. The van der Waals surface area contributed by atoms with Crippen molar-refractivity contribution in [3.8, 4) is 0 Å². The van der Waals surface area contributed by atoms with Gasteiger partial charge in [-0.15, -0.1) is 0 Å². The highest BCUT2D eigenvalue weighted by Gasteiger charge is 2.38. The number of amides is 1. The summed E-state index contributed by atoms with van der Waals surface area (Å²) >= 11 is 0. The number of aliphatic carboxylic acids is 1. The molecule has 0 aromatic rings. The number of hydrogen-bond acceptors (Lipinski definition) is 3. The highest BCUT2D eigenvalue weighted by molar-refractivity contribution is 5.85. The van der Waals surface area contributed by atoms with Crippen molar-refractivity contribution in [3.63, 3.8) is 0 Å². The minimum absolute atomic E-state index is 0.0353. The average molecular weight is 296 g/mol. The molecule has 1 amide bonds. The van der Waals surface area contributed by atoms with Gasteiger partial charge >= 0.3 is 5.97 Å². The second-order valence-corrected chi connectivity index (χ2v) is 6.46. The predicted octanol–water partition coefficient (Wildman–Crippen LogP) is 1.87. The Morgan fingerprint density at radius 3 is 2.43 bits per heavy atom. The highest BCUT2D eigenvalue weighted by Crippen LogP contribution is 2.32. The number of rotatable bonds is 6. The molecule has 2 unspecified atom stereocenters. The number of unbranched alkanes of at least 4 members (excludes halogenated alkanes) is 1. The number of carboxylic acid groups (broad SMARTS) is 1. The third-order valence-corrected chi connectivity index (χ3v) is 4.93. The summed E-state index contributed by atoms with van der Waals surface area (Å²) in [6, 6.07) is 0.227. The first kappa shape index (κ1) is 16.3. The maximum atomic E-state index is 12.3. The van der Waals surface area contributed by atoms with Crippen LogP contribution in [0.1, 0.15) is 51.9 Å². The number of piperidine rings is 1. The van der Waals surface area contributed by atoms with Crippen molar-refractivity contribution in [2.45, 2.75) is 57.9 Å². The largest absolute Gasteiger partial charge is 0.481 e. The lowest BCUT2D eigenvalue weighted by Gasteiger charge is -2.33. The highest BCUT2D eigenvalue weighted by atomic mass is 16.4. The number of likely N-dealkylation sites (tertiary alicyclic amines) is 1. The summed E-state index contributed by atoms with van der Waals surface area (Å²) in [6.07, 6.45) is 6.64. The molecule has 2 rings (SSSR count). The van der Waals surface area contributed by atoms with E-state index < -0.39 is 11.9 Å². The summed E-state index contributed by atoms with van der Waals surface area (Å²) < 4.78 is 0. The van der Waals surface area contributed by atoms with Crippen molar-refractivity contribution in [1.82, 2.24) is 10.2 Å². The van der Waals surface area contributed by atoms with Crippen molar-refractivity contribution in [3.05, 3.63) is 0 Å². The number of carbonyl (C=O) groups is 2. The molecule has 0 aromatic carbocycles. The van der Waals surface area contributed by atoms with Crippen LogP contribution in [0.5, 0.6) is 0 Å². The SMILES string of the molecule is CCCCN1CCC(NC(=O)C2CCCC2C(=O)O)CC1. The molecule has 1 heterocycles. The molecule has 0 spiro atoms. The zero-order valence-corrected chi connectivity index (χ0v) is 13.0. The molecule has 21 heavy (non-hydrogen) atoms. The fraction of sp³-hybridized carbons (Fsp3) is 0.875. The van der Waals surface area contributed by atoms with Crippen molar-refractivity contribution < 1.29 is 14.7 Å². The maximum absolute atomic E-state index is 12.3.